The fourth-order valence-electron chi connectivity index (χ4n) is 3.84. The molecule has 1 saturated carbocycles. The van der Waals surface area contributed by atoms with Gasteiger partial charge in [-0.25, -0.2) is 9.97 Å². The Labute approximate surface area is 166 Å². The van der Waals surface area contributed by atoms with Gasteiger partial charge in [-0.1, -0.05) is 31.4 Å². The molecular weight excluding hydrogens is 348 g/mol. The number of hydrogen-bond donors (Lipinski definition) is 2. The number of rotatable bonds is 7. The highest BCUT2D eigenvalue weighted by atomic mass is 16.5. The molecule has 0 radical (unpaired) electrons. The van der Waals surface area contributed by atoms with Crippen LogP contribution in [0.2, 0.25) is 0 Å². The molecule has 1 fully saturated rings. The van der Waals surface area contributed by atoms with Crippen molar-refractivity contribution in [3.63, 3.8) is 0 Å². The van der Waals surface area contributed by atoms with E-state index in [9.17, 15) is 0 Å². The normalized spacial score (nSPS) is 14.9. The van der Waals surface area contributed by atoms with Gasteiger partial charge >= 0.3 is 0 Å². The topological polar surface area (TPSA) is 73.1 Å². The van der Waals surface area contributed by atoms with Crippen molar-refractivity contribution < 1.29 is 4.74 Å². The summed E-state index contributed by atoms with van der Waals surface area (Å²) in [4.78, 5) is 8.85. The summed E-state index contributed by atoms with van der Waals surface area (Å²) in [6.07, 6.45) is 9.15. The molecule has 0 aliphatic heterocycles. The first-order valence-corrected chi connectivity index (χ1v) is 10.2. The van der Waals surface area contributed by atoms with E-state index >= 15 is 0 Å². The van der Waals surface area contributed by atoms with E-state index in [2.05, 4.69) is 33.5 Å². The Balaban J connectivity index is 1.38. The molecule has 5 heteroatoms. The lowest BCUT2D eigenvalue weighted by molar-refractivity contribution is 0.209. The molecule has 0 atom stereocenters. The Morgan fingerprint density at radius 1 is 1.00 bits per heavy atom. The molecule has 3 N–H and O–H groups in total. The van der Waals surface area contributed by atoms with Crippen molar-refractivity contribution in [3.8, 4) is 5.75 Å². The second-order valence-corrected chi connectivity index (χ2v) is 7.63. The van der Waals surface area contributed by atoms with Gasteiger partial charge < -0.3 is 15.8 Å². The van der Waals surface area contributed by atoms with E-state index in [4.69, 9.17) is 10.5 Å². The van der Waals surface area contributed by atoms with Crippen molar-refractivity contribution in [1.82, 2.24) is 9.97 Å². The van der Waals surface area contributed by atoms with Crippen LogP contribution in [0.15, 0.2) is 48.8 Å². The summed E-state index contributed by atoms with van der Waals surface area (Å²) in [5.74, 6) is 2.45. The highest BCUT2D eigenvalue weighted by Gasteiger charge is 2.14. The van der Waals surface area contributed by atoms with Crippen molar-refractivity contribution in [1.29, 1.82) is 0 Å². The van der Waals surface area contributed by atoms with Crippen LogP contribution in [-0.4, -0.2) is 23.1 Å². The first-order chi connectivity index (χ1) is 13.8. The zero-order valence-corrected chi connectivity index (χ0v) is 16.2. The van der Waals surface area contributed by atoms with Gasteiger partial charge in [-0.3, -0.25) is 0 Å². The summed E-state index contributed by atoms with van der Waals surface area (Å²) in [6.45, 7) is 1.61. The standard InChI is InChI=1S/C23H28N4O/c24-19-8-6-17(7-9-19)12-13-25-23-21-11-10-20(14-22(21)26-16-27-23)28-15-18-4-2-1-3-5-18/h6-11,14,16,18H,1-5,12-13,15,24H2,(H,25,26,27). The minimum Gasteiger partial charge on any atom is -0.493 e. The van der Waals surface area contributed by atoms with Gasteiger partial charge in [0.1, 0.15) is 17.9 Å². The Hall–Kier alpha value is -2.82. The van der Waals surface area contributed by atoms with Gasteiger partial charge in [0.25, 0.3) is 0 Å². The van der Waals surface area contributed by atoms with Gasteiger partial charge in [-0.2, -0.15) is 0 Å². The second-order valence-electron chi connectivity index (χ2n) is 7.63. The van der Waals surface area contributed by atoms with E-state index in [1.165, 1.54) is 37.7 Å². The molecule has 1 aromatic heterocycles. The maximum Gasteiger partial charge on any atom is 0.137 e. The first kappa shape index (κ1) is 18.5. The minimum atomic E-state index is 0.695. The number of aromatic nitrogens is 2. The van der Waals surface area contributed by atoms with Crippen LogP contribution in [0.25, 0.3) is 10.9 Å². The molecular formula is C23H28N4O. The summed E-state index contributed by atoms with van der Waals surface area (Å²) in [7, 11) is 0. The van der Waals surface area contributed by atoms with Crippen LogP contribution in [0, 0.1) is 5.92 Å². The first-order valence-electron chi connectivity index (χ1n) is 10.2. The molecule has 1 heterocycles. The van der Waals surface area contributed by atoms with Crippen LogP contribution in [-0.2, 0) is 6.42 Å². The smallest absolute Gasteiger partial charge is 0.137 e. The largest absolute Gasteiger partial charge is 0.493 e. The van der Waals surface area contributed by atoms with Crippen molar-refractivity contribution >= 4 is 22.4 Å². The van der Waals surface area contributed by atoms with Crippen LogP contribution >= 0.6 is 0 Å². The number of nitrogens with one attached hydrogen (secondary N) is 1. The summed E-state index contributed by atoms with van der Waals surface area (Å²) >= 11 is 0. The Morgan fingerprint density at radius 2 is 1.82 bits per heavy atom. The summed E-state index contributed by atoms with van der Waals surface area (Å²) in [6, 6.07) is 14.1. The van der Waals surface area contributed by atoms with Crippen LogP contribution in [0.1, 0.15) is 37.7 Å². The van der Waals surface area contributed by atoms with Crippen LogP contribution < -0.4 is 15.8 Å². The summed E-state index contributed by atoms with van der Waals surface area (Å²) in [5.41, 5.74) is 8.69. The van der Waals surface area contributed by atoms with Crippen molar-refractivity contribution in [2.24, 2.45) is 5.92 Å². The lowest BCUT2D eigenvalue weighted by atomic mass is 9.90. The fraction of sp³-hybridized carbons (Fsp3) is 0.391. The molecule has 0 spiro atoms. The molecule has 4 rings (SSSR count). The van der Waals surface area contributed by atoms with E-state index < -0.39 is 0 Å². The van der Waals surface area contributed by atoms with E-state index in [1.54, 1.807) is 6.33 Å². The monoisotopic (exact) mass is 376 g/mol. The maximum atomic E-state index is 6.05. The number of benzene rings is 2. The van der Waals surface area contributed by atoms with E-state index in [1.807, 2.05) is 24.3 Å². The second kappa shape index (κ2) is 8.91. The summed E-state index contributed by atoms with van der Waals surface area (Å²) in [5, 5.41) is 4.45. The van der Waals surface area contributed by atoms with Crippen LogP contribution in [0.4, 0.5) is 11.5 Å². The number of nitrogen functional groups attached to an aromatic ring is 1. The Morgan fingerprint density at radius 3 is 2.64 bits per heavy atom. The highest BCUT2D eigenvalue weighted by molar-refractivity contribution is 5.89. The number of fused-ring (bicyclic) bond motifs is 1. The summed E-state index contributed by atoms with van der Waals surface area (Å²) < 4.78 is 6.05. The molecule has 0 bridgehead atoms. The predicted octanol–water partition coefficient (Wildman–Crippen LogP) is 4.83. The van der Waals surface area contributed by atoms with Gasteiger partial charge in [-0.15, -0.1) is 0 Å². The van der Waals surface area contributed by atoms with E-state index in [0.717, 1.165) is 47.7 Å². The fourth-order valence-corrected chi connectivity index (χ4v) is 3.84. The van der Waals surface area contributed by atoms with Gasteiger partial charge in [0.05, 0.1) is 12.1 Å². The van der Waals surface area contributed by atoms with E-state index in [-0.39, 0.29) is 0 Å². The van der Waals surface area contributed by atoms with Gasteiger partial charge in [0.2, 0.25) is 0 Å². The minimum absolute atomic E-state index is 0.695. The number of nitrogens with two attached hydrogens (primary N) is 1. The number of ether oxygens (including phenoxy) is 1. The zero-order chi connectivity index (χ0) is 19.2. The van der Waals surface area contributed by atoms with Crippen molar-refractivity contribution in [3.05, 3.63) is 54.4 Å². The third kappa shape index (κ3) is 4.71. The van der Waals surface area contributed by atoms with Gasteiger partial charge in [0.15, 0.2) is 0 Å². The van der Waals surface area contributed by atoms with Gasteiger partial charge in [-0.05, 0) is 55.0 Å². The number of nitrogens with zero attached hydrogens (tertiary/aromatic N) is 2. The molecule has 3 aromatic rings. The average molecular weight is 377 g/mol. The van der Waals surface area contributed by atoms with Crippen LogP contribution in [0.3, 0.4) is 0 Å². The Bertz CT molecular complexity index is 904. The average Bonchev–Trinajstić information content (AvgIpc) is 2.74. The number of anilines is 2. The number of hydrogen-bond acceptors (Lipinski definition) is 5. The molecule has 1 aliphatic carbocycles. The molecule has 1 aliphatic rings. The third-order valence-electron chi connectivity index (χ3n) is 5.50. The molecule has 0 unspecified atom stereocenters. The Kier molecular flexibility index (Phi) is 5.90. The lowest BCUT2D eigenvalue weighted by Crippen LogP contribution is -2.15. The maximum absolute atomic E-state index is 6.05. The van der Waals surface area contributed by atoms with Crippen LogP contribution in [0.5, 0.6) is 5.75 Å². The molecule has 0 amide bonds. The third-order valence-corrected chi connectivity index (χ3v) is 5.50. The lowest BCUT2D eigenvalue weighted by Gasteiger charge is -2.21. The van der Waals surface area contributed by atoms with Crippen molar-refractivity contribution in [2.75, 3.05) is 24.2 Å². The molecule has 28 heavy (non-hydrogen) atoms. The van der Waals surface area contributed by atoms with Crippen molar-refractivity contribution in [2.45, 2.75) is 38.5 Å². The van der Waals surface area contributed by atoms with Gasteiger partial charge in [0, 0.05) is 23.7 Å². The molecule has 146 valence electrons. The zero-order valence-electron chi connectivity index (χ0n) is 16.2. The molecule has 5 nitrogen and oxygen atoms in total. The molecule has 2 aromatic carbocycles. The SMILES string of the molecule is Nc1ccc(CCNc2ncnc3cc(OCC4CCCCC4)ccc23)cc1. The quantitative estimate of drug-likeness (QED) is 0.578. The van der Waals surface area contributed by atoms with E-state index in [0.29, 0.717) is 5.92 Å². The predicted molar refractivity (Wildman–Crippen MR) is 115 cm³/mol. The highest BCUT2D eigenvalue weighted by Crippen LogP contribution is 2.27. The molecule has 0 saturated heterocycles.